The lowest BCUT2D eigenvalue weighted by molar-refractivity contribution is -0.0512. The van der Waals surface area contributed by atoms with Crippen LogP contribution in [0.2, 0.25) is 0 Å². The van der Waals surface area contributed by atoms with Crippen molar-refractivity contribution < 1.29 is 27.8 Å². The molecule has 0 aliphatic rings. The highest BCUT2D eigenvalue weighted by Crippen LogP contribution is 2.30. The summed E-state index contributed by atoms with van der Waals surface area (Å²) < 4.78 is 42.4. The van der Waals surface area contributed by atoms with Crippen molar-refractivity contribution in [2.75, 3.05) is 14.2 Å². The van der Waals surface area contributed by atoms with Crippen LogP contribution < -0.4 is 14.2 Å². The maximum atomic E-state index is 12.5. The molecule has 3 rings (SSSR count). The number of halogens is 3. The van der Waals surface area contributed by atoms with Crippen LogP contribution in [-0.2, 0) is 6.54 Å². The second kappa shape index (κ2) is 10.2. The lowest BCUT2D eigenvalue weighted by atomic mass is 10.1. The number of carbonyl (C=O) groups is 1. The summed E-state index contributed by atoms with van der Waals surface area (Å²) in [4.78, 5) is 12.5. The average Bonchev–Trinajstić information content (AvgIpc) is 3.16. The standard InChI is InChI=1S/C22H19BrF2N2O4/c1-29-19-7-4-14(9-16(19)12-27-13-17(23)11-26-27)3-6-18(28)15-5-8-20(31-22(24)25)21(10-15)30-2/h3-11,13,22H,12H2,1-2H3/b6-3+. The molecule has 31 heavy (non-hydrogen) atoms. The van der Waals surface area contributed by atoms with Gasteiger partial charge in [0, 0.05) is 17.3 Å². The Bertz CT molecular complexity index is 1100. The summed E-state index contributed by atoms with van der Waals surface area (Å²) in [6.07, 6.45) is 6.61. The van der Waals surface area contributed by atoms with Crippen LogP contribution in [0.3, 0.4) is 0 Å². The molecule has 0 saturated heterocycles. The Hall–Kier alpha value is -3.20. The Morgan fingerprint density at radius 3 is 2.52 bits per heavy atom. The van der Waals surface area contributed by atoms with E-state index in [2.05, 4.69) is 25.8 Å². The highest BCUT2D eigenvalue weighted by molar-refractivity contribution is 9.10. The first-order chi connectivity index (χ1) is 14.9. The maximum Gasteiger partial charge on any atom is 0.387 e. The summed E-state index contributed by atoms with van der Waals surface area (Å²) in [5.74, 6) is 0.310. The van der Waals surface area contributed by atoms with Crippen molar-refractivity contribution in [1.29, 1.82) is 0 Å². The van der Waals surface area contributed by atoms with E-state index < -0.39 is 6.61 Å². The molecule has 3 aromatic rings. The number of rotatable bonds is 9. The monoisotopic (exact) mass is 492 g/mol. The second-order valence-corrected chi connectivity index (χ2v) is 7.28. The van der Waals surface area contributed by atoms with Gasteiger partial charge in [-0.05, 0) is 57.9 Å². The molecule has 0 atom stereocenters. The number of alkyl halides is 2. The average molecular weight is 493 g/mol. The fourth-order valence-electron chi connectivity index (χ4n) is 2.91. The van der Waals surface area contributed by atoms with Crippen LogP contribution >= 0.6 is 15.9 Å². The molecular formula is C22H19BrF2N2O4. The Kier molecular flexibility index (Phi) is 7.41. The van der Waals surface area contributed by atoms with Crippen molar-refractivity contribution in [1.82, 2.24) is 9.78 Å². The molecule has 0 spiro atoms. The van der Waals surface area contributed by atoms with Crippen LogP contribution in [0.15, 0.2) is 59.3 Å². The van der Waals surface area contributed by atoms with Gasteiger partial charge in [0.25, 0.3) is 0 Å². The first-order valence-corrected chi connectivity index (χ1v) is 9.89. The summed E-state index contributed by atoms with van der Waals surface area (Å²) in [7, 11) is 2.90. The number of allylic oxidation sites excluding steroid dienone is 1. The summed E-state index contributed by atoms with van der Waals surface area (Å²) >= 11 is 3.37. The molecular weight excluding hydrogens is 474 g/mol. The fraction of sp³-hybridized carbons (Fsp3) is 0.182. The summed E-state index contributed by atoms with van der Waals surface area (Å²) in [5, 5.41) is 4.24. The minimum Gasteiger partial charge on any atom is -0.496 e. The number of aromatic nitrogens is 2. The van der Waals surface area contributed by atoms with Crippen LogP contribution in [0.1, 0.15) is 21.5 Å². The van der Waals surface area contributed by atoms with Gasteiger partial charge >= 0.3 is 6.61 Å². The summed E-state index contributed by atoms with van der Waals surface area (Å²) in [5.41, 5.74) is 1.97. The van der Waals surface area contributed by atoms with Crippen molar-refractivity contribution in [2.24, 2.45) is 0 Å². The lowest BCUT2D eigenvalue weighted by Crippen LogP contribution is -2.04. The smallest absolute Gasteiger partial charge is 0.387 e. The quantitative estimate of drug-likeness (QED) is 0.303. The number of hydrogen-bond donors (Lipinski definition) is 0. The van der Waals surface area contributed by atoms with Crippen LogP contribution in [0, 0.1) is 0 Å². The zero-order chi connectivity index (χ0) is 22.4. The zero-order valence-corrected chi connectivity index (χ0v) is 18.3. The summed E-state index contributed by atoms with van der Waals surface area (Å²) in [6.45, 7) is -2.49. The molecule has 0 unspecified atom stereocenters. The third-order valence-electron chi connectivity index (χ3n) is 4.33. The second-order valence-electron chi connectivity index (χ2n) is 6.37. The molecule has 0 aliphatic heterocycles. The number of nitrogens with zero attached hydrogens (tertiary/aromatic N) is 2. The normalized spacial score (nSPS) is 11.2. The van der Waals surface area contributed by atoms with Crippen LogP contribution in [-0.4, -0.2) is 36.4 Å². The Morgan fingerprint density at radius 2 is 1.87 bits per heavy atom. The number of methoxy groups -OCH3 is 2. The minimum absolute atomic E-state index is 0.0525. The molecule has 0 aliphatic carbocycles. The molecule has 0 saturated carbocycles. The Labute approximate surface area is 186 Å². The van der Waals surface area contributed by atoms with E-state index in [0.717, 1.165) is 15.6 Å². The Balaban J connectivity index is 1.79. The third kappa shape index (κ3) is 5.91. The SMILES string of the molecule is COc1ccc(/C=C/C(=O)c2ccc(OC(F)F)c(OC)c2)cc1Cn1cc(Br)cn1. The third-order valence-corrected chi connectivity index (χ3v) is 4.74. The summed E-state index contributed by atoms with van der Waals surface area (Å²) in [6, 6.07) is 9.59. The van der Waals surface area contributed by atoms with E-state index in [4.69, 9.17) is 9.47 Å². The molecule has 1 aromatic heterocycles. The molecule has 6 nitrogen and oxygen atoms in total. The van der Waals surface area contributed by atoms with Crippen LogP contribution in [0.4, 0.5) is 8.78 Å². The zero-order valence-electron chi connectivity index (χ0n) is 16.7. The van der Waals surface area contributed by atoms with E-state index in [0.29, 0.717) is 12.3 Å². The van der Waals surface area contributed by atoms with Gasteiger partial charge in [-0.25, -0.2) is 0 Å². The number of ketones is 1. The van der Waals surface area contributed by atoms with E-state index in [1.807, 2.05) is 24.4 Å². The van der Waals surface area contributed by atoms with Crippen molar-refractivity contribution in [3.63, 3.8) is 0 Å². The van der Waals surface area contributed by atoms with Crippen molar-refractivity contribution >= 4 is 27.8 Å². The van der Waals surface area contributed by atoms with Crippen LogP contribution in [0.25, 0.3) is 6.08 Å². The van der Waals surface area contributed by atoms with Gasteiger partial charge in [0.15, 0.2) is 17.3 Å². The van der Waals surface area contributed by atoms with Gasteiger partial charge in [0.05, 0.1) is 31.4 Å². The van der Waals surface area contributed by atoms with Gasteiger partial charge in [0.1, 0.15) is 5.75 Å². The van der Waals surface area contributed by atoms with Crippen LogP contribution in [0.5, 0.6) is 17.2 Å². The minimum atomic E-state index is -2.98. The van der Waals surface area contributed by atoms with E-state index in [9.17, 15) is 13.6 Å². The molecule has 2 aromatic carbocycles. The predicted molar refractivity (Wildman–Crippen MR) is 115 cm³/mol. The molecule has 0 radical (unpaired) electrons. The fourth-order valence-corrected chi connectivity index (χ4v) is 3.24. The molecule has 0 fully saturated rings. The topological polar surface area (TPSA) is 62.6 Å². The molecule has 0 N–H and O–H groups in total. The van der Waals surface area contributed by atoms with E-state index in [1.54, 1.807) is 24.1 Å². The Morgan fingerprint density at radius 1 is 1.13 bits per heavy atom. The van der Waals surface area contributed by atoms with Crippen molar-refractivity contribution in [3.8, 4) is 17.2 Å². The first-order valence-electron chi connectivity index (χ1n) is 9.09. The predicted octanol–water partition coefficient (Wildman–Crippen LogP) is 5.21. The van der Waals surface area contributed by atoms with Gasteiger partial charge in [-0.3, -0.25) is 9.48 Å². The largest absolute Gasteiger partial charge is 0.496 e. The highest BCUT2D eigenvalue weighted by Gasteiger charge is 2.13. The lowest BCUT2D eigenvalue weighted by Gasteiger charge is -2.10. The molecule has 1 heterocycles. The highest BCUT2D eigenvalue weighted by atomic mass is 79.9. The number of benzene rings is 2. The number of hydrogen-bond acceptors (Lipinski definition) is 5. The van der Waals surface area contributed by atoms with E-state index >= 15 is 0 Å². The van der Waals surface area contributed by atoms with Gasteiger partial charge in [-0.15, -0.1) is 0 Å². The molecule has 0 amide bonds. The van der Waals surface area contributed by atoms with E-state index in [1.165, 1.54) is 31.4 Å². The van der Waals surface area contributed by atoms with Crippen molar-refractivity contribution in [2.45, 2.75) is 13.2 Å². The number of carbonyl (C=O) groups excluding carboxylic acids is 1. The van der Waals surface area contributed by atoms with Gasteiger partial charge < -0.3 is 14.2 Å². The molecule has 162 valence electrons. The maximum absolute atomic E-state index is 12.5. The van der Waals surface area contributed by atoms with Gasteiger partial charge in [-0.1, -0.05) is 12.1 Å². The van der Waals surface area contributed by atoms with E-state index in [-0.39, 0.29) is 22.8 Å². The molecule has 9 heteroatoms. The molecule has 0 bridgehead atoms. The van der Waals surface area contributed by atoms with Gasteiger partial charge in [0.2, 0.25) is 0 Å². The van der Waals surface area contributed by atoms with Crippen molar-refractivity contribution in [3.05, 3.63) is 76.0 Å². The van der Waals surface area contributed by atoms with Gasteiger partial charge in [-0.2, -0.15) is 13.9 Å². The number of ether oxygens (including phenoxy) is 3. The first kappa shape index (κ1) is 22.5.